The van der Waals surface area contributed by atoms with Crippen LogP contribution >= 0.6 is 15.6 Å². The summed E-state index contributed by atoms with van der Waals surface area (Å²) in [6.07, 6.45) is -1.21. The molecule has 0 fully saturated rings. The number of hydrogen-bond donors (Lipinski definition) is 5. The minimum atomic E-state index is -5.14. The average Bonchev–Trinajstić information content (AvgIpc) is 1.95. The van der Waals surface area contributed by atoms with Crippen molar-refractivity contribution < 1.29 is 107 Å². The number of hydrogen-bond acceptors (Lipinski definition) is 7. The van der Waals surface area contributed by atoms with Crippen LogP contribution in [0.15, 0.2) is 0 Å². The van der Waals surface area contributed by atoms with Crippen molar-refractivity contribution in [1.82, 2.24) is 0 Å². The second kappa shape index (κ2) is 13.1. The van der Waals surface area contributed by atoms with Crippen molar-refractivity contribution in [3.63, 3.8) is 0 Å². The molecule has 0 aromatic heterocycles. The first-order chi connectivity index (χ1) is 6.49. The summed E-state index contributed by atoms with van der Waals surface area (Å²) in [5.74, 6) is 0. The van der Waals surface area contributed by atoms with Gasteiger partial charge in [-0.25, -0.2) is 4.57 Å². The predicted molar refractivity (Wildman–Crippen MR) is 40.9 cm³/mol. The quantitative estimate of drug-likeness (QED) is 0.246. The summed E-state index contributed by atoms with van der Waals surface area (Å²) < 4.78 is 22.6. The van der Waals surface area contributed by atoms with Gasteiger partial charge in [0.1, 0.15) is 6.10 Å². The molecule has 0 unspecified atom stereocenters. The van der Waals surface area contributed by atoms with E-state index in [1.54, 1.807) is 0 Å². The van der Waals surface area contributed by atoms with E-state index in [2.05, 4.69) is 4.52 Å². The standard InChI is InChI=1S/C3H9O6P.2Na.H3O4P/c4-1-3(2-5)9-10(6,7)8;;;1-5(2,3)4/h3-5H,1-2H2,(H2,6,7,8);;;(H3,1,2,3,4)/q;2*+1;/p-2. The van der Waals surface area contributed by atoms with E-state index in [1.165, 1.54) is 0 Å². The number of aliphatic hydroxyl groups is 2. The van der Waals surface area contributed by atoms with Crippen molar-refractivity contribution in [1.29, 1.82) is 0 Å². The van der Waals surface area contributed by atoms with Gasteiger partial charge in [-0.15, -0.1) is 0 Å². The maximum absolute atomic E-state index is 10.0. The molecule has 0 aliphatic carbocycles. The fraction of sp³-hybridized carbons (Fsp3) is 1.00. The van der Waals surface area contributed by atoms with E-state index in [1.807, 2.05) is 0 Å². The van der Waals surface area contributed by atoms with Crippen molar-refractivity contribution >= 4 is 15.6 Å². The van der Waals surface area contributed by atoms with E-state index in [0.717, 1.165) is 0 Å². The molecule has 5 N–H and O–H groups in total. The van der Waals surface area contributed by atoms with E-state index in [4.69, 9.17) is 39.2 Å². The molecular formula is C3H10Na2O10P2. The van der Waals surface area contributed by atoms with E-state index < -0.39 is 35.0 Å². The molecule has 0 saturated heterocycles. The molecule has 94 valence electrons. The molecule has 0 rings (SSSR count). The summed E-state index contributed by atoms with van der Waals surface area (Å²) >= 11 is 0. The Morgan fingerprint density at radius 1 is 1.00 bits per heavy atom. The van der Waals surface area contributed by atoms with Crippen LogP contribution in [0.5, 0.6) is 0 Å². The normalized spacial score (nSPS) is 10.8. The zero-order chi connectivity index (χ0) is 12.7. The first-order valence-electron chi connectivity index (χ1n) is 3.20. The number of phosphoric ester groups is 1. The summed E-state index contributed by atoms with van der Waals surface area (Å²) in [4.78, 5) is 40.5. The molecule has 0 amide bonds. The van der Waals surface area contributed by atoms with Crippen molar-refractivity contribution in [3.8, 4) is 0 Å². The Labute approximate surface area is 141 Å². The summed E-state index contributed by atoms with van der Waals surface area (Å²) in [5, 5.41) is 16.5. The van der Waals surface area contributed by atoms with Gasteiger partial charge in [0.25, 0.3) is 0 Å². The van der Waals surface area contributed by atoms with Crippen LogP contribution in [0.25, 0.3) is 0 Å². The smallest absolute Gasteiger partial charge is 0.790 e. The molecule has 0 bridgehead atoms. The third-order valence-corrected chi connectivity index (χ3v) is 1.27. The van der Waals surface area contributed by atoms with E-state index in [0.29, 0.717) is 0 Å². The van der Waals surface area contributed by atoms with E-state index in [-0.39, 0.29) is 59.1 Å². The van der Waals surface area contributed by atoms with Gasteiger partial charge in [-0.2, -0.15) is 0 Å². The van der Waals surface area contributed by atoms with Crippen molar-refractivity contribution in [3.05, 3.63) is 0 Å². The minimum Gasteiger partial charge on any atom is -0.790 e. The maximum atomic E-state index is 10.0. The summed E-state index contributed by atoms with van der Waals surface area (Å²) in [6.45, 7) is -1.25. The second-order valence-electron chi connectivity index (χ2n) is 2.05. The zero-order valence-electron chi connectivity index (χ0n) is 9.16. The average molecular weight is 314 g/mol. The molecular weight excluding hydrogens is 304 g/mol. The molecule has 0 saturated carbocycles. The monoisotopic (exact) mass is 314 g/mol. The molecule has 0 aliphatic heterocycles. The van der Waals surface area contributed by atoms with Gasteiger partial charge in [0.2, 0.25) is 0 Å². The summed E-state index contributed by atoms with van der Waals surface area (Å²) in [5.41, 5.74) is 0. The van der Waals surface area contributed by atoms with Crippen LogP contribution in [0.3, 0.4) is 0 Å². The number of rotatable bonds is 4. The molecule has 0 aromatic carbocycles. The fourth-order valence-corrected chi connectivity index (χ4v) is 0.840. The van der Waals surface area contributed by atoms with Gasteiger partial charge < -0.3 is 39.2 Å². The third kappa shape index (κ3) is 38.1. The first-order valence-corrected chi connectivity index (χ1v) is 6.22. The van der Waals surface area contributed by atoms with Gasteiger partial charge in [0.05, 0.1) is 21.0 Å². The first kappa shape index (κ1) is 27.5. The minimum absolute atomic E-state index is 0. The molecule has 0 heterocycles. The van der Waals surface area contributed by atoms with Gasteiger partial charge in [0.15, 0.2) is 0 Å². The van der Waals surface area contributed by atoms with Gasteiger partial charge >= 0.3 is 66.9 Å². The van der Waals surface area contributed by atoms with Gasteiger partial charge in [-0.3, -0.25) is 4.52 Å². The van der Waals surface area contributed by atoms with Crippen LogP contribution in [-0.4, -0.2) is 44.2 Å². The van der Waals surface area contributed by atoms with Gasteiger partial charge in [-0.05, 0) is 0 Å². The molecule has 17 heavy (non-hydrogen) atoms. The van der Waals surface area contributed by atoms with Crippen molar-refractivity contribution in [2.75, 3.05) is 13.2 Å². The van der Waals surface area contributed by atoms with Crippen LogP contribution in [0.2, 0.25) is 0 Å². The van der Waals surface area contributed by atoms with Crippen LogP contribution in [-0.2, 0) is 13.7 Å². The van der Waals surface area contributed by atoms with E-state index in [9.17, 15) is 4.57 Å². The fourth-order valence-electron chi connectivity index (χ4n) is 0.319. The Kier molecular flexibility index (Phi) is 21.2. The topological polar surface area (TPSA) is 191 Å². The molecule has 14 heteroatoms. The Hall–Kier alpha value is 2.14. The SMILES string of the molecule is O=P(O)(O)OC(CO)CO.O=P([O-])([O-])O.[Na+].[Na+]. The van der Waals surface area contributed by atoms with Crippen LogP contribution in [0, 0.1) is 0 Å². The molecule has 0 aliphatic rings. The van der Waals surface area contributed by atoms with Crippen LogP contribution in [0.4, 0.5) is 0 Å². The summed E-state index contributed by atoms with van der Waals surface area (Å²) in [6, 6.07) is 0. The zero-order valence-corrected chi connectivity index (χ0v) is 15.0. The maximum Gasteiger partial charge on any atom is 1.00 e. The Morgan fingerprint density at radius 3 is 1.29 bits per heavy atom. The molecule has 0 aromatic rings. The largest absolute Gasteiger partial charge is 1.00 e. The Morgan fingerprint density at radius 2 is 1.24 bits per heavy atom. The summed E-state index contributed by atoms with van der Waals surface area (Å²) in [7, 11) is -9.71. The number of aliphatic hydroxyl groups excluding tert-OH is 2. The second-order valence-corrected chi connectivity index (χ2v) is 4.18. The van der Waals surface area contributed by atoms with Crippen LogP contribution < -0.4 is 68.9 Å². The predicted octanol–water partition coefficient (Wildman–Crippen LogP) is -9.74. The molecule has 10 nitrogen and oxygen atoms in total. The Bertz CT molecular complexity index is 236. The van der Waals surface area contributed by atoms with Crippen molar-refractivity contribution in [2.24, 2.45) is 0 Å². The third-order valence-electron chi connectivity index (χ3n) is 0.694. The Balaban J connectivity index is -0.000000105. The van der Waals surface area contributed by atoms with Gasteiger partial charge in [0, 0.05) is 0 Å². The molecule has 0 atom stereocenters. The van der Waals surface area contributed by atoms with Crippen LogP contribution in [0.1, 0.15) is 0 Å². The van der Waals surface area contributed by atoms with Gasteiger partial charge in [-0.1, -0.05) is 0 Å². The molecule has 0 spiro atoms. The number of phosphoric acid groups is 2. The molecule has 0 radical (unpaired) electrons. The van der Waals surface area contributed by atoms with E-state index >= 15 is 0 Å². The van der Waals surface area contributed by atoms with Crippen molar-refractivity contribution in [2.45, 2.75) is 6.10 Å².